The van der Waals surface area contributed by atoms with Gasteiger partial charge in [-0.05, 0) is 46.1 Å². The molecule has 2 N–H and O–H groups in total. The fourth-order valence-electron chi connectivity index (χ4n) is 3.84. The number of phenolic OH excluding ortho intramolecular Hbond substituents is 1. The summed E-state index contributed by atoms with van der Waals surface area (Å²) < 4.78 is 20.0. The average Bonchev–Trinajstić information content (AvgIpc) is 3.12. The van der Waals surface area contributed by atoms with E-state index in [9.17, 15) is 5.11 Å². The van der Waals surface area contributed by atoms with E-state index in [-0.39, 0.29) is 11.3 Å². The van der Waals surface area contributed by atoms with Crippen molar-refractivity contribution in [1.29, 1.82) is 0 Å². The number of rotatable bonds is 2. The lowest BCUT2D eigenvalue weighted by molar-refractivity contribution is 0.476. The fraction of sp³-hybridized carbons (Fsp3) is 0.190. The van der Waals surface area contributed by atoms with Gasteiger partial charge >= 0.3 is 0 Å². The first-order chi connectivity index (χ1) is 13.6. The lowest BCUT2D eigenvalue weighted by Crippen LogP contribution is -2.43. The van der Waals surface area contributed by atoms with Gasteiger partial charge in [0.1, 0.15) is 16.3 Å². The number of aromatic nitrogens is 1. The summed E-state index contributed by atoms with van der Waals surface area (Å²) in [7, 11) is 0. The maximum atomic E-state index is 15.6. The van der Waals surface area contributed by atoms with Crippen LogP contribution in [0.25, 0.3) is 32.8 Å². The second-order valence-corrected chi connectivity index (χ2v) is 8.04. The van der Waals surface area contributed by atoms with Crippen LogP contribution in [-0.4, -0.2) is 35.7 Å². The zero-order valence-corrected chi connectivity index (χ0v) is 16.4. The molecular formula is C21H17ClFN3OS. The summed E-state index contributed by atoms with van der Waals surface area (Å²) in [5.41, 5.74) is 1.17. The van der Waals surface area contributed by atoms with Crippen LogP contribution in [-0.2, 0) is 0 Å². The van der Waals surface area contributed by atoms with E-state index in [2.05, 4.69) is 14.6 Å². The number of phenols is 1. The van der Waals surface area contributed by atoms with Crippen molar-refractivity contribution in [2.45, 2.75) is 0 Å². The van der Waals surface area contributed by atoms with Crippen molar-refractivity contribution in [1.82, 2.24) is 9.69 Å². The Hall–Kier alpha value is -2.41. The Morgan fingerprint density at radius 3 is 2.71 bits per heavy atom. The number of benzene rings is 3. The van der Waals surface area contributed by atoms with Gasteiger partial charge in [0.15, 0.2) is 5.82 Å². The van der Waals surface area contributed by atoms with E-state index in [0.29, 0.717) is 16.1 Å². The number of nitrogens with zero attached hydrogens (tertiary/aromatic N) is 2. The summed E-state index contributed by atoms with van der Waals surface area (Å²) in [5.74, 6) is -0.375. The highest BCUT2D eigenvalue weighted by atomic mass is 35.5. The van der Waals surface area contributed by atoms with Gasteiger partial charge in [0.05, 0.1) is 5.02 Å². The van der Waals surface area contributed by atoms with Crippen molar-refractivity contribution in [3.8, 4) is 16.9 Å². The molecule has 5 rings (SSSR count). The van der Waals surface area contributed by atoms with E-state index < -0.39 is 5.82 Å². The van der Waals surface area contributed by atoms with E-state index in [0.717, 1.165) is 47.3 Å². The summed E-state index contributed by atoms with van der Waals surface area (Å²) in [6, 6.07) is 12.6. The highest BCUT2D eigenvalue weighted by Crippen LogP contribution is 2.43. The predicted molar refractivity (Wildman–Crippen MR) is 114 cm³/mol. The Balaban J connectivity index is 1.74. The highest BCUT2D eigenvalue weighted by Gasteiger charge is 2.23. The number of halogens is 2. The third-order valence-electron chi connectivity index (χ3n) is 5.17. The molecular weight excluding hydrogens is 397 g/mol. The molecule has 0 atom stereocenters. The molecule has 1 saturated heterocycles. The molecule has 1 aromatic heterocycles. The molecule has 0 radical (unpaired) electrons. The number of hydrogen-bond acceptors (Lipinski definition) is 5. The molecule has 142 valence electrons. The van der Waals surface area contributed by atoms with Gasteiger partial charge in [0, 0.05) is 37.1 Å². The molecule has 1 fully saturated rings. The first kappa shape index (κ1) is 17.7. The van der Waals surface area contributed by atoms with Gasteiger partial charge in [-0.2, -0.15) is 4.37 Å². The summed E-state index contributed by atoms with van der Waals surface area (Å²) in [6.45, 7) is 3.50. The van der Waals surface area contributed by atoms with Crippen LogP contribution in [0.1, 0.15) is 0 Å². The van der Waals surface area contributed by atoms with Crippen LogP contribution in [0.2, 0.25) is 5.02 Å². The summed E-state index contributed by atoms with van der Waals surface area (Å²) in [5, 5.41) is 17.1. The molecule has 1 aliphatic rings. The largest absolute Gasteiger partial charge is 0.508 e. The molecule has 1 aliphatic heterocycles. The van der Waals surface area contributed by atoms with Crippen LogP contribution in [0.3, 0.4) is 0 Å². The standard InChI is InChI=1S/C21H17ClFN3OS/c22-17-11-16-20(25-28-21(16)26-7-5-24-6-8-26)19(23)18(17)15-10-13(27)9-12-3-1-2-4-14(12)15/h1-4,9-11,24,27H,5-8H2. The minimum absolute atomic E-state index is 0.0732. The number of anilines is 1. The quantitative estimate of drug-likeness (QED) is 0.484. The van der Waals surface area contributed by atoms with E-state index in [1.807, 2.05) is 24.3 Å². The molecule has 0 saturated carbocycles. The van der Waals surface area contributed by atoms with Crippen LogP contribution in [0, 0.1) is 5.82 Å². The SMILES string of the molecule is Oc1cc(-c2c(Cl)cc3c(N4CCNCC4)snc3c2F)c2ccccc2c1. The third kappa shape index (κ3) is 2.80. The van der Waals surface area contributed by atoms with Crippen molar-refractivity contribution < 1.29 is 9.50 Å². The summed E-state index contributed by atoms with van der Waals surface area (Å²) >= 11 is 7.89. The Kier molecular flexibility index (Phi) is 4.34. The molecule has 28 heavy (non-hydrogen) atoms. The molecule has 0 spiro atoms. The molecule has 0 unspecified atom stereocenters. The van der Waals surface area contributed by atoms with Crippen molar-refractivity contribution in [3.63, 3.8) is 0 Å². The Labute approximate surface area is 170 Å². The molecule has 3 aromatic carbocycles. The smallest absolute Gasteiger partial charge is 0.159 e. The van der Waals surface area contributed by atoms with Crippen molar-refractivity contribution in [2.75, 3.05) is 31.1 Å². The Morgan fingerprint density at radius 2 is 1.89 bits per heavy atom. The number of piperazine rings is 1. The molecule has 0 aliphatic carbocycles. The Morgan fingerprint density at radius 1 is 1.11 bits per heavy atom. The normalized spacial score (nSPS) is 14.9. The second kappa shape index (κ2) is 6.88. The lowest BCUT2D eigenvalue weighted by atomic mass is 9.96. The number of fused-ring (bicyclic) bond motifs is 2. The summed E-state index contributed by atoms with van der Waals surface area (Å²) in [6.07, 6.45) is 0. The summed E-state index contributed by atoms with van der Waals surface area (Å²) in [4.78, 5) is 2.22. The van der Waals surface area contributed by atoms with E-state index in [4.69, 9.17) is 11.6 Å². The van der Waals surface area contributed by atoms with E-state index in [1.165, 1.54) is 11.5 Å². The van der Waals surface area contributed by atoms with Gasteiger partial charge in [-0.1, -0.05) is 35.9 Å². The predicted octanol–water partition coefficient (Wildman–Crippen LogP) is 5.02. The van der Waals surface area contributed by atoms with Gasteiger partial charge in [-0.25, -0.2) is 4.39 Å². The third-order valence-corrected chi connectivity index (χ3v) is 6.39. The lowest BCUT2D eigenvalue weighted by Gasteiger charge is -2.28. The van der Waals surface area contributed by atoms with Gasteiger partial charge in [-0.15, -0.1) is 0 Å². The molecule has 4 nitrogen and oxygen atoms in total. The topological polar surface area (TPSA) is 48.4 Å². The van der Waals surface area contributed by atoms with Crippen molar-refractivity contribution in [3.05, 3.63) is 53.3 Å². The highest BCUT2D eigenvalue weighted by molar-refractivity contribution is 7.11. The zero-order valence-electron chi connectivity index (χ0n) is 14.9. The van der Waals surface area contributed by atoms with E-state index in [1.54, 1.807) is 18.2 Å². The van der Waals surface area contributed by atoms with E-state index >= 15 is 4.39 Å². The van der Waals surface area contributed by atoms with Gasteiger partial charge in [0.2, 0.25) is 0 Å². The maximum Gasteiger partial charge on any atom is 0.159 e. The van der Waals surface area contributed by atoms with Crippen LogP contribution >= 0.6 is 23.1 Å². The average molecular weight is 414 g/mol. The van der Waals surface area contributed by atoms with Gasteiger partial charge in [0.25, 0.3) is 0 Å². The van der Waals surface area contributed by atoms with Crippen LogP contribution in [0.5, 0.6) is 5.75 Å². The molecule has 0 bridgehead atoms. The van der Waals surface area contributed by atoms with Gasteiger partial charge < -0.3 is 15.3 Å². The molecule has 4 aromatic rings. The number of hydrogen-bond donors (Lipinski definition) is 2. The van der Waals surface area contributed by atoms with Crippen LogP contribution in [0.15, 0.2) is 42.5 Å². The zero-order chi connectivity index (χ0) is 19.3. The molecule has 2 heterocycles. The minimum Gasteiger partial charge on any atom is -0.508 e. The number of aromatic hydroxyl groups is 1. The van der Waals surface area contributed by atoms with Crippen LogP contribution in [0.4, 0.5) is 9.39 Å². The molecule has 0 amide bonds. The van der Waals surface area contributed by atoms with Crippen LogP contribution < -0.4 is 10.2 Å². The second-order valence-electron chi connectivity index (χ2n) is 6.88. The van der Waals surface area contributed by atoms with Crippen molar-refractivity contribution >= 4 is 49.8 Å². The fourth-order valence-corrected chi connectivity index (χ4v) is 5.05. The minimum atomic E-state index is -0.448. The molecule has 7 heteroatoms. The maximum absolute atomic E-state index is 15.6. The first-order valence-corrected chi connectivity index (χ1v) is 10.2. The number of nitrogens with one attached hydrogen (secondary N) is 1. The first-order valence-electron chi connectivity index (χ1n) is 9.08. The monoisotopic (exact) mass is 413 g/mol. The van der Waals surface area contributed by atoms with Gasteiger partial charge in [-0.3, -0.25) is 0 Å². The Bertz CT molecular complexity index is 1200. The van der Waals surface area contributed by atoms with Crippen molar-refractivity contribution in [2.24, 2.45) is 0 Å².